The lowest BCUT2D eigenvalue weighted by Crippen LogP contribution is -2.12. The molecule has 7 heteroatoms. The minimum Gasteiger partial charge on any atom is -0.478 e. The van der Waals surface area contributed by atoms with Crippen molar-refractivity contribution in [2.45, 2.75) is 13.5 Å². The van der Waals surface area contributed by atoms with Gasteiger partial charge in [-0.05, 0) is 24.6 Å². The Kier molecular flexibility index (Phi) is 4.45. The molecule has 0 saturated carbocycles. The Hall–Kier alpha value is -2.96. The van der Waals surface area contributed by atoms with Crippen LogP contribution in [0.15, 0.2) is 36.9 Å². The number of carbonyl (C=O) groups is 2. The molecule has 108 valence electrons. The van der Waals surface area contributed by atoms with Crippen LogP contribution in [0, 0.1) is 0 Å². The summed E-state index contributed by atoms with van der Waals surface area (Å²) >= 11 is 0. The van der Waals surface area contributed by atoms with Crippen molar-refractivity contribution >= 4 is 23.6 Å². The van der Waals surface area contributed by atoms with Crippen LogP contribution >= 0.6 is 0 Å². The van der Waals surface area contributed by atoms with Crippen LogP contribution in [0.1, 0.15) is 22.8 Å². The van der Waals surface area contributed by atoms with Gasteiger partial charge in [0.1, 0.15) is 0 Å². The average Bonchev–Trinajstić information content (AvgIpc) is 2.93. The fourth-order valence-corrected chi connectivity index (χ4v) is 1.64. The van der Waals surface area contributed by atoms with Gasteiger partial charge in [0, 0.05) is 31.2 Å². The van der Waals surface area contributed by atoms with E-state index < -0.39 is 5.97 Å². The van der Waals surface area contributed by atoms with Crippen LogP contribution in [0.3, 0.4) is 0 Å². The van der Waals surface area contributed by atoms with Crippen molar-refractivity contribution in [1.82, 2.24) is 14.8 Å². The van der Waals surface area contributed by atoms with Crippen LogP contribution in [0.4, 0.5) is 5.69 Å². The Balaban J connectivity index is 2.11. The Labute approximate surface area is 120 Å². The van der Waals surface area contributed by atoms with Crippen LogP contribution < -0.4 is 5.32 Å². The molecule has 0 bridgehead atoms. The third-order valence-corrected chi connectivity index (χ3v) is 2.66. The summed E-state index contributed by atoms with van der Waals surface area (Å²) in [6.45, 7) is 2.66. The summed E-state index contributed by atoms with van der Waals surface area (Å²) in [5.41, 5.74) is 1.47. The monoisotopic (exact) mass is 286 g/mol. The van der Waals surface area contributed by atoms with Crippen LogP contribution in [0.2, 0.25) is 0 Å². The molecule has 0 radical (unpaired) electrons. The van der Waals surface area contributed by atoms with Gasteiger partial charge in [0.2, 0.25) is 0 Å². The first kappa shape index (κ1) is 14.4. The maximum Gasteiger partial charge on any atom is 0.328 e. The number of hydrogen-bond acceptors (Lipinski definition) is 4. The molecule has 2 aromatic heterocycles. The van der Waals surface area contributed by atoms with E-state index in [4.69, 9.17) is 5.11 Å². The number of carbonyl (C=O) groups excluding carboxylic acids is 1. The molecule has 0 aliphatic heterocycles. The van der Waals surface area contributed by atoms with Gasteiger partial charge in [-0.1, -0.05) is 0 Å². The number of aryl methyl sites for hydroxylation is 1. The summed E-state index contributed by atoms with van der Waals surface area (Å²) in [6.07, 6.45) is 8.54. The van der Waals surface area contributed by atoms with E-state index in [2.05, 4.69) is 15.4 Å². The van der Waals surface area contributed by atoms with Crippen molar-refractivity contribution in [2.24, 2.45) is 0 Å². The zero-order valence-corrected chi connectivity index (χ0v) is 11.4. The van der Waals surface area contributed by atoms with Crippen molar-refractivity contribution in [1.29, 1.82) is 0 Å². The van der Waals surface area contributed by atoms with Crippen molar-refractivity contribution in [3.8, 4) is 0 Å². The van der Waals surface area contributed by atoms with Gasteiger partial charge in [-0.3, -0.25) is 14.5 Å². The van der Waals surface area contributed by atoms with E-state index in [1.54, 1.807) is 23.1 Å². The van der Waals surface area contributed by atoms with Crippen LogP contribution in [-0.4, -0.2) is 31.7 Å². The topological polar surface area (TPSA) is 97.1 Å². The van der Waals surface area contributed by atoms with Crippen molar-refractivity contribution in [2.75, 3.05) is 5.32 Å². The maximum atomic E-state index is 12.1. The fourth-order valence-electron chi connectivity index (χ4n) is 1.64. The standard InChI is InChI=1S/C14H14N4O3/c1-2-18-9-12(8-16-18)17-14(21)11-5-10(6-15-7-11)3-4-13(19)20/h3-9H,2H2,1H3,(H,17,21)(H,19,20). The van der Waals surface area contributed by atoms with E-state index in [9.17, 15) is 9.59 Å². The number of rotatable bonds is 5. The molecule has 0 unspecified atom stereocenters. The van der Waals surface area contributed by atoms with E-state index in [0.717, 1.165) is 6.08 Å². The number of nitrogens with one attached hydrogen (secondary N) is 1. The molecule has 2 heterocycles. The second kappa shape index (κ2) is 6.47. The highest BCUT2D eigenvalue weighted by Gasteiger charge is 2.08. The van der Waals surface area contributed by atoms with Gasteiger partial charge in [0.25, 0.3) is 5.91 Å². The van der Waals surface area contributed by atoms with Gasteiger partial charge in [-0.25, -0.2) is 4.79 Å². The molecule has 0 spiro atoms. The van der Waals surface area contributed by atoms with Crippen molar-refractivity contribution in [3.63, 3.8) is 0 Å². The molecule has 2 N–H and O–H groups in total. The smallest absolute Gasteiger partial charge is 0.328 e. The number of carboxylic acids is 1. The van der Waals surface area contributed by atoms with Crippen LogP contribution in [-0.2, 0) is 11.3 Å². The van der Waals surface area contributed by atoms with Crippen LogP contribution in [0.5, 0.6) is 0 Å². The zero-order valence-electron chi connectivity index (χ0n) is 11.4. The number of amides is 1. The minimum absolute atomic E-state index is 0.330. The number of anilines is 1. The number of hydrogen-bond donors (Lipinski definition) is 2. The molecule has 2 rings (SSSR count). The maximum absolute atomic E-state index is 12.1. The third-order valence-electron chi connectivity index (χ3n) is 2.66. The second-order valence-electron chi connectivity index (χ2n) is 4.22. The molecule has 0 aliphatic carbocycles. The lowest BCUT2D eigenvalue weighted by atomic mass is 10.2. The Bertz CT molecular complexity index is 691. The third kappa shape index (κ3) is 4.00. The highest BCUT2D eigenvalue weighted by atomic mass is 16.4. The SMILES string of the molecule is CCn1cc(NC(=O)c2cncc(C=CC(=O)O)c2)cn1. The van der Waals surface area contributed by atoms with E-state index in [1.165, 1.54) is 18.5 Å². The molecule has 0 fully saturated rings. The fraction of sp³-hybridized carbons (Fsp3) is 0.143. The molecule has 1 amide bonds. The lowest BCUT2D eigenvalue weighted by molar-refractivity contribution is -0.131. The average molecular weight is 286 g/mol. The van der Waals surface area contributed by atoms with Gasteiger partial charge in [-0.2, -0.15) is 5.10 Å². The molecule has 0 aromatic carbocycles. The van der Waals surface area contributed by atoms with E-state index in [1.807, 2.05) is 6.92 Å². The summed E-state index contributed by atoms with van der Waals surface area (Å²) in [4.78, 5) is 26.5. The first-order valence-electron chi connectivity index (χ1n) is 6.28. The summed E-state index contributed by atoms with van der Waals surface area (Å²) in [5, 5.41) is 15.3. The van der Waals surface area contributed by atoms with Gasteiger partial charge < -0.3 is 10.4 Å². The Morgan fingerprint density at radius 1 is 1.38 bits per heavy atom. The first-order chi connectivity index (χ1) is 10.1. The van der Waals surface area contributed by atoms with Crippen molar-refractivity contribution < 1.29 is 14.7 Å². The highest BCUT2D eigenvalue weighted by Crippen LogP contribution is 2.10. The summed E-state index contributed by atoms with van der Waals surface area (Å²) in [5.74, 6) is -1.39. The summed E-state index contributed by atoms with van der Waals surface area (Å²) < 4.78 is 1.69. The number of aliphatic carboxylic acids is 1. The molecule has 7 nitrogen and oxygen atoms in total. The van der Waals surface area contributed by atoms with Gasteiger partial charge in [-0.15, -0.1) is 0 Å². The second-order valence-corrected chi connectivity index (χ2v) is 4.22. The molecule has 2 aromatic rings. The number of carboxylic acid groups (broad SMARTS) is 1. The van der Waals surface area contributed by atoms with Crippen molar-refractivity contribution in [3.05, 3.63) is 48.1 Å². The van der Waals surface area contributed by atoms with E-state index in [0.29, 0.717) is 23.4 Å². The molecular weight excluding hydrogens is 272 g/mol. The Morgan fingerprint density at radius 2 is 2.19 bits per heavy atom. The van der Waals surface area contributed by atoms with Gasteiger partial charge >= 0.3 is 5.97 Å². The highest BCUT2D eigenvalue weighted by molar-refractivity contribution is 6.04. The zero-order chi connectivity index (χ0) is 15.2. The number of aromatic nitrogens is 3. The lowest BCUT2D eigenvalue weighted by Gasteiger charge is -2.02. The first-order valence-corrected chi connectivity index (χ1v) is 6.28. The number of pyridine rings is 1. The van der Waals surface area contributed by atoms with Gasteiger partial charge in [0.05, 0.1) is 17.4 Å². The molecule has 0 saturated heterocycles. The van der Waals surface area contributed by atoms with Gasteiger partial charge in [0.15, 0.2) is 0 Å². The minimum atomic E-state index is -1.06. The summed E-state index contributed by atoms with van der Waals surface area (Å²) in [6, 6.07) is 1.56. The molecule has 21 heavy (non-hydrogen) atoms. The Morgan fingerprint density at radius 3 is 2.86 bits per heavy atom. The normalized spacial score (nSPS) is 10.7. The summed E-state index contributed by atoms with van der Waals surface area (Å²) in [7, 11) is 0. The van der Waals surface area contributed by atoms with Crippen LogP contribution in [0.25, 0.3) is 6.08 Å². The predicted molar refractivity (Wildman–Crippen MR) is 76.8 cm³/mol. The molecular formula is C14H14N4O3. The molecule has 0 aliphatic rings. The predicted octanol–water partition coefficient (Wildman–Crippen LogP) is 1.65. The van der Waals surface area contributed by atoms with E-state index >= 15 is 0 Å². The quantitative estimate of drug-likeness (QED) is 0.814. The largest absolute Gasteiger partial charge is 0.478 e. The number of nitrogens with zero attached hydrogens (tertiary/aromatic N) is 3. The molecule has 0 atom stereocenters. The van der Waals surface area contributed by atoms with E-state index in [-0.39, 0.29) is 5.91 Å².